The fraction of sp³-hybridized carbons (Fsp3) is 0.367. The van der Waals surface area contributed by atoms with Gasteiger partial charge in [-0.2, -0.15) is 4.31 Å². The number of amides is 2. The maximum Gasteiger partial charge on any atom is 0.338 e. The van der Waals surface area contributed by atoms with Crippen LogP contribution in [0.4, 0.5) is 5.69 Å². The fourth-order valence-corrected chi connectivity index (χ4v) is 6.99. The Morgan fingerprint density at radius 2 is 1.52 bits per heavy atom. The number of hydrogen-bond acceptors (Lipinski definition) is 7. The van der Waals surface area contributed by atoms with Crippen LogP contribution in [-0.4, -0.2) is 74.7 Å². The lowest BCUT2D eigenvalue weighted by Crippen LogP contribution is -2.42. The van der Waals surface area contributed by atoms with Gasteiger partial charge in [0.2, 0.25) is 10.0 Å². The number of ether oxygens (including phenoxy) is 1. The second-order valence-electron chi connectivity index (χ2n) is 9.92. The average molecular weight is 564 g/mol. The zero-order valence-corrected chi connectivity index (χ0v) is 23.6. The van der Waals surface area contributed by atoms with Gasteiger partial charge in [-0.15, -0.1) is 0 Å². The summed E-state index contributed by atoms with van der Waals surface area (Å²) < 4.78 is 32.0. The first-order valence-corrected chi connectivity index (χ1v) is 15.2. The predicted molar refractivity (Wildman–Crippen MR) is 152 cm³/mol. The molecule has 0 unspecified atom stereocenters. The first-order valence-electron chi connectivity index (χ1n) is 13.7. The number of piperidine rings is 1. The Hall–Kier alpha value is -3.76. The molecule has 0 aliphatic carbocycles. The number of rotatable bonds is 9. The third-order valence-corrected chi connectivity index (χ3v) is 9.71. The standard InChI is InChI=1S/C30H33N3O6S/c1-3-32(4-2)40(37,38)22-13-11-21(12-14-22)30(36)39-20-19-33-28(34)24-10-8-9-23-26(31-17-6-5-7-18-31)16-15-25(27(23)24)29(33)35/h8-16H,3-7,17-20H2,1-2H3. The topological polar surface area (TPSA) is 104 Å². The lowest BCUT2D eigenvalue weighted by Gasteiger charge is -2.32. The molecule has 1 saturated heterocycles. The van der Waals surface area contributed by atoms with Gasteiger partial charge in [0.1, 0.15) is 6.61 Å². The molecule has 210 valence electrons. The molecule has 0 bridgehead atoms. The van der Waals surface area contributed by atoms with E-state index in [1.54, 1.807) is 26.0 Å². The van der Waals surface area contributed by atoms with E-state index in [9.17, 15) is 22.8 Å². The Morgan fingerprint density at radius 1 is 0.875 bits per heavy atom. The molecule has 2 aliphatic rings. The largest absolute Gasteiger partial charge is 0.460 e. The van der Waals surface area contributed by atoms with Crippen LogP contribution in [0.3, 0.4) is 0 Å². The van der Waals surface area contributed by atoms with Crippen LogP contribution in [0.2, 0.25) is 0 Å². The van der Waals surface area contributed by atoms with Gasteiger partial charge in [-0.05, 0) is 61.7 Å². The number of carbonyl (C=O) groups is 3. The van der Waals surface area contributed by atoms with Gasteiger partial charge in [0.05, 0.1) is 17.0 Å². The lowest BCUT2D eigenvalue weighted by molar-refractivity contribution is 0.0405. The van der Waals surface area contributed by atoms with Crippen molar-refractivity contribution in [3.8, 4) is 0 Å². The van der Waals surface area contributed by atoms with Crippen molar-refractivity contribution in [3.05, 3.63) is 71.3 Å². The number of benzene rings is 3. The monoisotopic (exact) mass is 563 g/mol. The minimum Gasteiger partial charge on any atom is -0.460 e. The van der Waals surface area contributed by atoms with Crippen molar-refractivity contribution < 1.29 is 27.5 Å². The summed E-state index contributed by atoms with van der Waals surface area (Å²) in [6.07, 6.45) is 3.44. The highest BCUT2D eigenvalue weighted by molar-refractivity contribution is 7.89. The van der Waals surface area contributed by atoms with Crippen LogP contribution in [0.15, 0.2) is 59.5 Å². The van der Waals surface area contributed by atoms with Gasteiger partial charge in [0, 0.05) is 53.8 Å². The number of imide groups is 1. The van der Waals surface area contributed by atoms with E-state index in [-0.39, 0.29) is 23.6 Å². The zero-order valence-electron chi connectivity index (χ0n) is 22.8. The molecule has 2 amide bonds. The molecule has 0 saturated carbocycles. The highest BCUT2D eigenvalue weighted by Crippen LogP contribution is 2.36. The van der Waals surface area contributed by atoms with Crippen LogP contribution in [0.25, 0.3) is 10.8 Å². The lowest BCUT2D eigenvalue weighted by atomic mass is 9.92. The zero-order chi connectivity index (χ0) is 28.4. The molecule has 9 nitrogen and oxygen atoms in total. The average Bonchev–Trinajstić information content (AvgIpc) is 2.98. The van der Waals surface area contributed by atoms with E-state index in [2.05, 4.69) is 4.90 Å². The van der Waals surface area contributed by atoms with Crippen LogP contribution < -0.4 is 4.90 Å². The maximum atomic E-state index is 13.4. The number of nitrogens with zero attached hydrogens (tertiary/aromatic N) is 3. The molecular weight excluding hydrogens is 530 g/mol. The summed E-state index contributed by atoms with van der Waals surface area (Å²) >= 11 is 0. The predicted octanol–water partition coefficient (Wildman–Crippen LogP) is 4.31. The molecule has 0 radical (unpaired) electrons. The van der Waals surface area contributed by atoms with Gasteiger partial charge in [0.15, 0.2) is 0 Å². The molecule has 0 N–H and O–H groups in total. The quantitative estimate of drug-likeness (QED) is 0.282. The number of sulfonamides is 1. The number of carbonyl (C=O) groups excluding carboxylic acids is 3. The van der Waals surface area contributed by atoms with Crippen LogP contribution in [0, 0.1) is 0 Å². The molecule has 2 aliphatic heterocycles. The minimum absolute atomic E-state index is 0.0912. The highest BCUT2D eigenvalue weighted by atomic mass is 32.2. The van der Waals surface area contributed by atoms with Crippen molar-refractivity contribution in [3.63, 3.8) is 0 Å². The van der Waals surface area contributed by atoms with E-state index in [0.717, 1.165) is 41.9 Å². The maximum absolute atomic E-state index is 13.4. The molecule has 40 heavy (non-hydrogen) atoms. The summed E-state index contributed by atoms with van der Waals surface area (Å²) in [6, 6.07) is 14.8. The van der Waals surface area contributed by atoms with Crippen molar-refractivity contribution in [1.82, 2.24) is 9.21 Å². The van der Waals surface area contributed by atoms with Gasteiger partial charge in [-0.3, -0.25) is 14.5 Å². The third-order valence-electron chi connectivity index (χ3n) is 7.65. The van der Waals surface area contributed by atoms with Gasteiger partial charge in [0.25, 0.3) is 11.8 Å². The van der Waals surface area contributed by atoms with Crippen molar-refractivity contribution in [1.29, 1.82) is 0 Å². The second-order valence-corrected chi connectivity index (χ2v) is 11.9. The summed E-state index contributed by atoms with van der Waals surface area (Å²) in [5.74, 6) is -1.50. The molecule has 1 fully saturated rings. The number of esters is 1. The van der Waals surface area contributed by atoms with Gasteiger partial charge >= 0.3 is 5.97 Å². The van der Waals surface area contributed by atoms with E-state index in [1.165, 1.54) is 35.0 Å². The molecule has 2 heterocycles. The minimum atomic E-state index is -3.64. The van der Waals surface area contributed by atoms with Gasteiger partial charge in [-0.1, -0.05) is 26.0 Å². The first-order chi connectivity index (χ1) is 19.3. The number of anilines is 1. The third kappa shape index (κ3) is 4.97. The van der Waals surface area contributed by atoms with Crippen molar-refractivity contribution in [2.45, 2.75) is 38.0 Å². The van der Waals surface area contributed by atoms with Gasteiger partial charge in [-0.25, -0.2) is 13.2 Å². The van der Waals surface area contributed by atoms with Crippen LogP contribution >= 0.6 is 0 Å². The summed E-state index contributed by atoms with van der Waals surface area (Å²) in [6.45, 7) is 5.82. The molecule has 0 aromatic heterocycles. The van der Waals surface area contributed by atoms with Gasteiger partial charge < -0.3 is 9.64 Å². The molecule has 3 aromatic carbocycles. The SMILES string of the molecule is CCN(CC)S(=O)(=O)c1ccc(C(=O)OCCN2C(=O)c3cccc4c(N5CCCCC5)ccc(c34)C2=O)cc1. The van der Waals surface area contributed by atoms with E-state index in [0.29, 0.717) is 29.6 Å². The molecular formula is C30H33N3O6S. The summed E-state index contributed by atoms with van der Waals surface area (Å²) in [4.78, 5) is 42.9. The molecule has 10 heteroatoms. The Bertz CT molecular complexity index is 1540. The Balaban J connectivity index is 1.28. The normalized spacial score (nSPS) is 15.7. The summed E-state index contributed by atoms with van der Waals surface area (Å²) in [5.41, 5.74) is 2.14. The summed E-state index contributed by atoms with van der Waals surface area (Å²) in [5, 5.41) is 1.57. The van der Waals surface area contributed by atoms with Crippen molar-refractivity contribution in [2.24, 2.45) is 0 Å². The molecule has 0 spiro atoms. The van der Waals surface area contributed by atoms with E-state index >= 15 is 0 Å². The Kier molecular flexibility index (Phi) is 7.91. The van der Waals surface area contributed by atoms with Crippen LogP contribution in [0.5, 0.6) is 0 Å². The molecule has 0 atom stereocenters. The second kappa shape index (κ2) is 11.4. The Labute approximate surface area is 234 Å². The highest BCUT2D eigenvalue weighted by Gasteiger charge is 2.34. The summed E-state index contributed by atoms with van der Waals surface area (Å²) in [7, 11) is -3.64. The first kappa shape index (κ1) is 27.8. The van der Waals surface area contributed by atoms with Crippen molar-refractivity contribution >= 4 is 44.3 Å². The van der Waals surface area contributed by atoms with Crippen molar-refractivity contribution in [2.75, 3.05) is 44.2 Å². The number of hydrogen-bond donors (Lipinski definition) is 0. The van der Waals surface area contributed by atoms with E-state index in [1.807, 2.05) is 18.2 Å². The molecule has 5 rings (SSSR count). The van der Waals surface area contributed by atoms with Crippen LogP contribution in [-0.2, 0) is 14.8 Å². The smallest absolute Gasteiger partial charge is 0.338 e. The Morgan fingerprint density at radius 3 is 2.17 bits per heavy atom. The fourth-order valence-electron chi connectivity index (χ4n) is 5.53. The van der Waals surface area contributed by atoms with E-state index in [4.69, 9.17) is 4.74 Å². The molecule has 3 aromatic rings. The van der Waals surface area contributed by atoms with E-state index < -0.39 is 27.8 Å². The van der Waals surface area contributed by atoms with Crippen LogP contribution in [0.1, 0.15) is 64.2 Å².